The summed E-state index contributed by atoms with van der Waals surface area (Å²) in [4.78, 5) is 13.2. The quantitative estimate of drug-likeness (QED) is 0.724. The predicted molar refractivity (Wildman–Crippen MR) is 119 cm³/mol. The summed E-state index contributed by atoms with van der Waals surface area (Å²) in [7, 11) is 0. The van der Waals surface area contributed by atoms with Gasteiger partial charge >= 0.3 is 0 Å². The van der Waals surface area contributed by atoms with Crippen molar-refractivity contribution in [3.63, 3.8) is 0 Å². The molecular weight excluding hydrogens is 417 g/mol. The predicted octanol–water partition coefficient (Wildman–Crippen LogP) is 4.75. The summed E-state index contributed by atoms with van der Waals surface area (Å²) in [5, 5.41) is 10.1. The van der Waals surface area contributed by atoms with Gasteiger partial charge in [-0.25, -0.2) is 0 Å². The number of halogens is 2. The van der Waals surface area contributed by atoms with Gasteiger partial charge in [-0.1, -0.05) is 51.1 Å². The van der Waals surface area contributed by atoms with Crippen LogP contribution in [0.5, 0.6) is 0 Å². The van der Waals surface area contributed by atoms with Gasteiger partial charge in [0.1, 0.15) is 0 Å². The van der Waals surface area contributed by atoms with Gasteiger partial charge in [0.05, 0.1) is 0 Å². The van der Waals surface area contributed by atoms with Gasteiger partial charge in [-0.2, -0.15) is 16.3 Å². The van der Waals surface area contributed by atoms with E-state index in [2.05, 4.69) is 5.10 Å². The number of thiophene rings is 1. The van der Waals surface area contributed by atoms with Crippen molar-refractivity contribution in [2.24, 2.45) is 16.3 Å². The van der Waals surface area contributed by atoms with Crippen molar-refractivity contribution >= 4 is 48.0 Å². The smallest absolute Gasteiger partial charge is 0.251 e. The number of carbonyl (C=O) groups is 1. The molecule has 0 spiro atoms. The number of hydrogen-bond donors (Lipinski definition) is 1. The lowest BCUT2D eigenvalue weighted by atomic mass is 9.91. The second-order valence-electron chi connectivity index (χ2n) is 7.43. The van der Waals surface area contributed by atoms with Gasteiger partial charge in [0, 0.05) is 28.3 Å². The molecule has 2 N–H and O–H groups in total. The number of benzene rings is 1. The van der Waals surface area contributed by atoms with Crippen LogP contribution < -0.4 is 5.73 Å². The topological polar surface area (TPSA) is 67.9 Å². The molecule has 1 aromatic carbocycles. The zero-order valence-corrected chi connectivity index (χ0v) is 18.7. The lowest BCUT2D eigenvalue weighted by Gasteiger charge is -2.38. The first-order valence-corrected chi connectivity index (χ1v) is 9.73. The van der Waals surface area contributed by atoms with Gasteiger partial charge in [0.15, 0.2) is 0 Å². The van der Waals surface area contributed by atoms with Gasteiger partial charge < -0.3 is 10.5 Å². The van der Waals surface area contributed by atoms with Crippen LogP contribution in [0.15, 0.2) is 52.3 Å². The standard InChI is InChI=1S/C20H25N3O2S.2ClH/c1-19(2,3)18(24)23-20(11-7-12-21,16-8-5-4-6-9-16)25-17(22-23)15-10-13-26-14-15;;/h4-6,8-10,13-14H,7,11-12,21H2,1-3H3;2*1H. The molecule has 0 saturated heterocycles. The minimum Gasteiger partial charge on any atom is -0.443 e. The monoisotopic (exact) mass is 443 g/mol. The lowest BCUT2D eigenvalue weighted by molar-refractivity contribution is -0.161. The van der Waals surface area contributed by atoms with Gasteiger partial charge in [-0.3, -0.25) is 4.79 Å². The van der Waals surface area contributed by atoms with Crippen LogP contribution in [0.25, 0.3) is 0 Å². The molecule has 3 rings (SSSR count). The molecule has 0 fully saturated rings. The second kappa shape index (κ2) is 9.74. The third-order valence-electron chi connectivity index (χ3n) is 4.35. The van der Waals surface area contributed by atoms with E-state index in [1.54, 1.807) is 11.3 Å². The van der Waals surface area contributed by atoms with Gasteiger partial charge in [-0.05, 0) is 24.4 Å². The van der Waals surface area contributed by atoms with E-state index in [0.29, 0.717) is 18.9 Å². The van der Waals surface area contributed by atoms with E-state index in [4.69, 9.17) is 10.5 Å². The molecule has 1 aliphatic rings. The van der Waals surface area contributed by atoms with Gasteiger partial charge in [0.25, 0.3) is 5.91 Å². The zero-order chi connectivity index (χ0) is 18.8. The van der Waals surface area contributed by atoms with E-state index >= 15 is 0 Å². The first kappa shape index (κ1) is 24.4. The van der Waals surface area contributed by atoms with Crippen LogP contribution in [-0.2, 0) is 15.3 Å². The third-order valence-corrected chi connectivity index (χ3v) is 5.03. The first-order valence-electron chi connectivity index (χ1n) is 8.79. The molecule has 5 nitrogen and oxygen atoms in total. The van der Waals surface area contributed by atoms with Crippen LogP contribution in [0.3, 0.4) is 0 Å². The molecule has 8 heteroatoms. The number of nitrogens with zero attached hydrogens (tertiary/aromatic N) is 2. The molecular formula is C20H27Cl2N3O2S. The molecule has 2 heterocycles. The molecule has 1 atom stereocenters. The summed E-state index contributed by atoms with van der Waals surface area (Å²) in [6.07, 6.45) is 1.29. The van der Waals surface area contributed by atoms with Crippen molar-refractivity contribution in [1.29, 1.82) is 0 Å². The second-order valence-corrected chi connectivity index (χ2v) is 8.21. The van der Waals surface area contributed by atoms with Crippen LogP contribution in [0.2, 0.25) is 0 Å². The number of nitrogens with two attached hydrogens (primary N) is 1. The van der Waals surface area contributed by atoms with Crippen LogP contribution in [-0.4, -0.2) is 23.4 Å². The van der Waals surface area contributed by atoms with Gasteiger partial charge in [-0.15, -0.1) is 29.9 Å². The number of ether oxygens (including phenoxy) is 1. The fraction of sp³-hybridized carbons (Fsp3) is 0.400. The average Bonchev–Trinajstić information content (AvgIpc) is 3.27. The van der Waals surface area contributed by atoms with E-state index in [0.717, 1.165) is 17.5 Å². The molecule has 28 heavy (non-hydrogen) atoms. The Labute approximate surface area is 182 Å². The van der Waals surface area contributed by atoms with Crippen molar-refractivity contribution < 1.29 is 9.53 Å². The SMILES string of the molecule is CC(C)(C)C(=O)N1N=C(c2ccsc2)OC1(CCCN)c1ccccc1.Cl.Cl. The molecule has 1 unspecified atom stereocenters. The Morgan fingerprint density at radius 2 is 1.89 bits per heavy atom. The van der Waals surface area contributed by atoms with Crippen molar-refractivity contribution in [2.45, 2.75) is 39.3 Å². The number of rotatable bonds is 5. The van der Waals surface area contributed by atoms with E-state index in [-0.39, 0.29) is 30.7 Å². The number of hydrogen-bond acceptors (Lipinski definition) is 5. The number of amides is 1. The maximum absolute atomic E-state index is 13.2. The Morgan fingerprint density at radius 3 is 2.43 bits per heavy atom. The molecule has 0 aliphatic carbocycles. The maximum Gasteiger partial charge on any atom is 0.251 e. The molecule has 0 saturated carbocycles. The first-order chi connectivity index (χ1) is 12.4. The maximum atomic E-state index is 13.2. The van der Waals surface area contributed by atoms with Crippen molar-refractivity contribution in [2.75, 3.05) is 6.54 Å². The summed E-state index contributed by atoms with van der Waals surface area (Å²) in [5.74, 6) is 0.397. The minimum atomic E-state index is -0.970. The summed E-state index contributed by atoms with van der Waals surface area (Å²) in [5.41, 5.74) is 6.02. The van der Waals surface area contributed by atoms with Crippen molar-refractivity contribution in [3.8, 4) is 0 Å². The molecule has 2 aromatic rings. The van der Waals surface area contributed by atoms with Crippen LogP contribution in [0.4, 0.5) is 0 Å². The molecule has 1 aromatic heterocycles. The summed E-state index contributed by atoms with van der Waals surface area (Å²) < 4.78 is 6.42. The third kappa shape index (κ3) is 4.69. The number of hydrazone groups is 1. The Bertz CT molecular complexity index is 792. The van der Waals surface area contributed by atoms with E-state index in [9.17, 15) is 4.79 Å². The zero-order valence-electron chi connectivity index (χ0n) is 16.3. The minimum absolute atomic E-state index is 0. The van der Waals surface area contributed by atoms with Crippen LogP contribution in [0, 0.1) is 5.41 Å². The average molecular weight is 444 g/mol. The Hall–Kier alpha value is -1.60. The molecule has 0 radical (unpaired) electrons. The fourth-order valence-corrected chi connectivity index (χ4v) is 3.58. The van der Waals surface area contributed by atoms with E-state index in [1.807, 2.05) is 67.9 Å². The molecule has 154 valence electrons. The molecule has 1 aliphatic heterocycles. The highest BCUT2D eigenvalue weighted by Crippen LogP contribution is 2.42. The largest absolute Gasteiger partial charge is 0.443 e. The van der Waals surface area contributed by atoms with Crippen molar-refractivity contribution in [3.05, 3.63) is 58.3 Å². The number of carbonyl (C=O) groups excluding carboxylic acids is 1. The molecule has 1 amide bonds. The van der Waals surface area contributed by atoms with Crippen LogP contribution >= 0.6 is 36.2 Å². The summed E-state index contributed by atoms with van der Waals surface area (Å²) in [6.45, 7) is 6.20. The van der Waals surface area contributed by atoms with Crippen LogP contribution in [0.1, 0.15) is 44.7 Å². The Kier molecular flexibility index (Phi) is 8.50. The van der Waals surface area contributed by atoms with Crippen molar-refractivity contribution in [1.82, 2.24) is 5.01 Å². The Morgan fingerprint density at radius 1 is 1.21 bits per heavy atom. The molecule has 0 bridgehead atoms. The van der Waals surface area contributed by atoms with Gasteiger partial charge in [0.2, 0.25) is 11.6 Å². The van der Waals surface area contributed by atoms with E-state index in [1.165, 1.54) is 5.01 Å². The lowest BCUT2D eigenvalue weighted by Crippen LogP contribution is -2.49. The van der Waals surface area contributed by atoms with E-state index < -0.39 is 11.1 Å². The summed E-state index contributed by atoms with van der Waals surface area (Å²) in [6, 6.07) is 11.8. The highest BCUT2D eigenvalue weighted by atomic mass is 35.5. The Balaban J connectivity index is 0.00000196. The highest BCUT2D eigenvalue weighted by Gasteiger charge is 2.51. The fourth-order valence-electron chi connectivity index (χ4n) is 2.95. The summed E-state index contributed by atoms with van der Waals surface area (Å²) >= 11 is 1.57. The normalized spacial score (nSPS) is 18.6. The highest BCUT2D eigenvalue weighted by molar-refractivity contribution is 7.08.